The van der Waals surface area contributed by atoms with E-state index in [-0.39, 0.29) is 5.78 Å². The Morgan fingerprint density at radius 1 is 1.39 bits per heavy atom. The van der Waals surface area contributed by atoms with Crippen LogP contribution < -0.4 is 0 Å². The Morgan fingerprint density at radius 2 is 2.11 bits per heavy atom. The van der Waals surface area contributed by atoms with E-state index in [0.717, 1.165) is 17.8 Å². The fourth-order valence-corrected chi connectivity index (χ4v) is 2.16. The second kappa shape index (κ2) is 4.72. The molecule has 18 heavy (non-hydrogen) atoms. The van der Waals surface area contributed by atoms with E-state index in [1.54, 1.807) is 29.9 Å². The van der Waals surface area contributed by atoms with Crippen LogP contribution in [0.15, 0.2) is 18.3 Å². The fraction of sp³-hybridized carbons (Fsp3) is 0.357. The molecule has 0 atom stereocenters. The van der Waals surface area contributed by atoms with Gasteiger partial charge in [0.05, 0.1) is 5.69 Å². The maximum absolute atomic E-state index is 11.4. The van der Waals surface area contributed by atoms with Gasteiger partial charge in [0.15, 0.2) is 11.6 Å². The van der Waals surface area contributed by atoms with Crippen molar-refractivity contribution in [2.45, 2.75) is 34.1 Å². The molecule has 0 aliphatic carbocycles. The van der Waals surface area contributed by atoms with E-state index in [2.05, 4.69) is 17.0 Å². The van der Waals surface area contributed by atoms with Crippen LogP contribution in [0, 0.1) is 13.8 Å². The smallest absolute Gasteiger partial charge is 0.159 e. The lowest BCUT2D eigenvalue weighted by Crippen LogP contribution is -2.04. The van der Waals surface area contributed by atoms with Crippen LogP contribution >= 0.6 is 0 Å². The molecule has 2 rings (SSSR count). The molecule has 2 aromatic rings. The van der Waals surface area contributed by atoms with Crippen LogP contribution in [0.4, 0.5) is 0 Å². The largest absolute Gasteiger partial charge is 0.295 e. The maximum Gasteiger partial charge on any atom is 0.159 e. The van der Waals surface area contributed by atoms with Gasteiger partial charge in [-0.25, -0.2) is 9.67 Å². The number of aryl methyl sites for hydroxylation is 1. The van der Waals surface area contributed by atoms with Gasteiger partial charge in [-0.2, -0.15) is 5.10 Å². The van der Waals surface area contributed by atoms with E-state index in [1.807, 2.05) is 13.8 Å². The minimum absolute atomic E-state index is 0.0379. The van der Waals surface area contributed by atoms with E-state index in [0.29, 0.717) is 11.4 Å². The van der Waals surface area contributed by atoms with Gasteiger partial charge in [-0.1, -0.05) is 6.92 Å². The Balaban J connectivity index is 2.55. The highest BCUT2D eigenvalue weighted by atomic mass is 16.1. The van der Waals surface area contributed by atoms with Gasteiger partial charge in [-0.15, -0.1) is 0 Å². The van der Waals surface area contributed by atoms with E-state index in [4.69, 9.17) is 0 Å². The molecule has 2 heterocycles. The standard InChI is InChI=1S/C14H17N3O/c1-5-13-9(2)16-17(10(13)3)14-8-12(11(4)18)6-7-15-14/h6-8H,5H2,1-4H3. The van der Waals surface area contributed by atoms with Crippen LogP contribution in [-0.2, 0) is 6.42 Å². The number of Topliss-reactive ketones (excluding diaryl/α,β-unsaturated/α-hetero) is 1. The molecule has 0 N–H and O–H groups in total. The Hall–Kier alpha value is -1.97. The van der Waals surface area contributed by atoms with Crippen molar-refractivity contribution >= 4 is 5.78 Å². The molecule has 94 valence electrons. The monoisotopic (exact) mass is 243 g/mol. The topological polar surface area (TPSA) is 47.8 Å². The first-order valence-electron chi connectivity index (χ1n) is 6.07. The van der Waals surface area contributed by atoms with Gasteiger partial charge in [-0.3, -0.25) is 4.79 Å². The van der Waals surface area contributed by atoms with Crippen LogP contribution in [0.25, 0.3) is 5.82 Å². The normalized spacial score (nSPS) is 10.7. The Labute approximate surface area is 107 Å². The average Bonchev–Trinajstić information content (AvgIpc) is 2.64. The van der Waals surface area contributed by atoms with Crippen LogP contribution in [0.2, 0.25) is 0 Å². The van der Waals surface area contributed by atoms with Crippen LogP contribution in [0.1, 0.15) is 41.2 Å². The third-order valence-corrected chi connectivity index (χ3v) is 3.16. The molecular weight excluding hydrogens is 226 g/mol. The molecule has 0 saturated heterocycles. The molecular formula is C14H17N3O. The molecule has 4 nitrogen and oxygen atoms in total. The molecule has 0 aliphatic rings. The van der Waals surface area contributed by atoms with Crippen molar-refractivity contribution in [3.8, 4) is 5.82 Å². The zero-order valence-electron chi connectivity index (χ0n) is 11.2. The SMILES string of the molecule is CCc1c(C)nn(-c2cc(C(C)=O)ccn2)c1C. The van der Waals surface area contributed by atoms with Crippen LogP contribution in [0.3, 0.4) is 0 Å². The molecule has 0 amide bonds. The lowest BCUT2D eigenvalue weighted by Gasteiger charge is -2.05. The van der Waals surface area contributed by atoms with Crippen molar-refractivity contribution in [1.29, 1.82) is 0 Å². The van der Waals surface area contributed by atoms with Gasteiger partial charge in [0, 0.05) is 17.5 Å². The summed E-state index contributed by atoms with van der Waals surface area (Å²) in [7, 11) is 0. The number of nitrogens with zero attached hydrogens (tertiary/aromatic N) is 3. The molecule has 0 fully saturated rings. The number of aromatic nitrogens is 3. The summed E-state index contributed by atoms with van der Waals surface area (Å²) in [6, 6.07) is 3.50. The van der Waals surface area contributed by atoms with E-state index in [9.17, 15) is 4.79 Å². The summed E-state index contributed by atoms with van der Waals surface area (Å²) < 4.78 is 1.81. The van der Waals surface area contributed by atoms with Gasteiger partial charge in [0.25, 0.3) is 0 Å². The number of pyridine rings is 1. The lowest BCUT2D eigenvalue weighted by atomic mass is 10.1. The summed E-state index contributed by atoms with van der Waals surface area (Å²) >= 11 is 0. The minimum Gasteiger partial charge on any atom is -0.295 e. The van der Waals surface area contributed by atoms with Crippen LogP contribution in [0.5, 0.6) is 0 Å². The van der Waals surface area contributed by atoms with Gasteiger partial charge >= 0.3 is 0 Å². The third kappa shape index (κ3) is 2.06. The van der Waals surface area contributed by atoms with Crippen molar-refractivity contribution in [3.63, 3.8) is 0 Å². The lowest BCUT2D eigenvalue weighted by molar-refractivity contribution is 0.101. The fourth-order valence-electron chi connectivity index (χ4n) is 2.16. The molecule has 0 aliphatic heterocycles. The highest BCUT2D eigenvalue weighted by Gasteiger charge is 2.12. The third-order valence-electron chi connectivity index (χ3n) is 3.16. The first-order valence-corrected chi connectivity index (χ1v) is 6.07. The summed E-state index contributed by atoms with van der Waals surface area (Å²) in [5.41, 5.74) is 4.00. The Kier molecular flexibility index (Phi) is 3.28. The van der Waals surface area contributed by atoms with Crippen molar-refractivity contribution in [1.82, 2.24) is 14.8 Å². The molecule has 0 aromatic carbocycles. The highest BCUT2D eigenvalue weighted by molar-refractivity contribution is 5.94. The maximum atomic E-state index is 11.4. The summed E-state index contributed by atoms with van der Waals surface area (Å²) in [6.45, 7) is 7.69. The van der Waals surface area contributed by atoms with Gasteiger partial charge < -0.3 is 0 Å². The summed E-state index contributed by atoms with van der Waals surface area (Å²) in [6.07, 6.45) is 2.60. The number of hydrogen-bond donors (Lipinski definition) is 0. The zero-order valence-corrected chi connectivity index (χ0v) is 11.2. The van der Waals surface area contributed by atoms with E-state index in [1.165, 1.54) is 5.56 Å². The number of carbonyl (C=O) groups excluding carboxylic acids is 1. The molecule has 0 radical (unpaired) electrons. The molecule has 4 heteroatoms. The average molecular weight is 243 g/mol. The minimum atomic E-state index is 0.0379. The first-order chi connectivity index (χ1) is 8.54. The molecule has 0 bridgehead atoms. The van der Waals surface area contributed by atoms with E-state index >= 15 is 0 Å². The van der Waals surface area contributed by atoms with Crippen molar-refractivity contribution in [2.24, 2.45) is 0 Å². The van der Waals surface area contributed by atoms with Crippen LogP contribution in [-0.4, -0.2) is 20.5 Å². The number of rotatable bonds is 3. The molecule has 0 saturated carbocycles. The quantitative estimate of drug-likeness (QED) is 0.779. The summed E-state index contributed by atoms with van der Waals surface area (Å²) in [5, 5.41) is 4.49. The van der Waals surface area contributed by atoms with Gasteiger partial charge in [0.1, 0.15) is 0 Å². The van der Waals surface area contributed by atoms with Crippen molar-refractivity contribution in [2.75, 3.05) is 0 Å². The van der Waals surface area contributed by atoms with Crippen molar-refractivity contribution < 1.29 is 4.79 Å². The molecule has 2 aromatic heterocycles. The Bertz CT molecular complexity index is 599. The predicted octanol–water partition coefficient (Wildman–Crippen LogP) is 2.65. The first kappa shape index (κ1) is 12.5. The highest BCUT2D eigenvalue weighted by Crippen LogP contribution is 2.17. The number of hydrogen-bond acceptors (Lipinski definition) is 3. The Morgan fingerprint density at radius 3 is 2.67 bits per heavy atom. The second-order valence-corrected chi connectivity index (χ2v) is 4.37. The number of ketones is 1. The van der Waals surface area contributed by atoms with Crippen molar-refractivity contribution in [3.05, 3.63) is 40.8 Å². The van der Waals surface area contributed by atoms with Gasteiger partial charge in [-0.05, 0) is 44.9 Å². The summed E-state index contributed by atoms with van der Waals surface area (Å²) in [4.78, 5) is 15.7. The molecule has 0 unspecified atom stereocenters. The predicted molar refractivity (Wildman–Crippen MR) is 70.2 cm³/mol. The zero-order chi connectivity index (χ0) is 13.3. The number of carbonyl (C=O) groups is 1. The second-order valence-electron chi connectivity index (χ2n) is 4.37. The van der Waals surface area contributed by atoms with E-state index < -0.39 is 0 Å². The summed E-state index contributed by atoms with van der Waals surface area (Å²) in [5.74, 6) is 0.735. The molecule has 0 spiro atoms. The van der Waals surface area contributed by atoms with Gasteiger partial charge in [0.2, 0.25) is 0 Å².